The third-order valence-corrected chi connectivity index (χ3v) is 5.74. The van der Waals surface area contributed by atoms with Gasteiger partial charge in [0, 0.05) is 38.4 Å². The molecule has 2 unspecified atom stereocenters. The minimum Gasteiger partial charge on any atom is -0.475 e. The molecule has 9 nitrogen and oxygen atoms in total. The van der Waals surface area contributed by atoms with Crippen molar-refractivity contribution < 1.29 is 55.6 Å². The fourth-order valence-corrected chi connectivity index (χ4v) is 3.72. The number of pyridine rings is 1. The summed E-state index contributed by atoms with van der Waals surface area (Å²) in [5.74, 6) is -4.92. The Labute approximate surface area is 216 Å². The number of carbonyl (C=O) groups is 2. The molecule has 0 saturated carbocycles. The molecule has 0 bridgehead atoms. The number of aromatic nitrogens is 1. The Kier molecular flexibility index (Phi) is 12.9. The lowest BCUT2D eigenvalue weighted by Gasteiger charge is -2.31. The lowest BCUT2D eigenvalue weighted by atomic mass is 9.93. The highest BCUT2D eigenvalue weighted by molar-refractivity contribution is 5.73. The fraction of sp³-hybridized carbons (Fsp3) is 0.696. The first-order valence-corrected chi connectivity index (χ1v) is 11.6. The van der Waals surface area contributed by atoms with Crippen molar-refractivity contribution >= 4 is 11.9 Å². The Morgan fingerprint density at radius 3 is 2.21 bits per heavy atom. The van der Waals surface area contributed by atoms with Gasteiger partial charge in [-0.15, -0.1) is 0 Å². The van der Waals surface area contributed by atoms with Gasteiger partial charge in [-0.25, -0.2) is 9.59 Å². The molecule has 0 aliphatic carbocycles. The number of hydrogen-bond donors (Lipinski definition) is 2. The number of nitrogens with zero attached hydrogens (tertiary/aromatic N) is 3. The van der Waals surface area contributed by atoms with Crippen molar-refractivity contribution in [2.24, 2.45) is 5.92 Å². The number of alkyl halides is 6. The van der Waals surface area contributed by atoms with Gasteiger partial charge < -0.3 is 24.6 Å². The van der Waals surface area contributed by atoms with Crippen LogP contribution in [0.1, 0.15) is 26.0 Å². The van der Waals surface area contributed by atoms with Gasteiger partial charge in [-0.05, 0) is 45.4 Å². The third-order valence-electron chi connectivity index (χ3n) is 5.74. The van der Waals surface area contributed by atoms with Gasteiger partial charge in [0.25, 0.3) is 0 Å². The predicted molar refractivity (Wildman–Crippen MR) is 122 cm³/mol. The SMILES string of the molecule is CC(C)N(C)CC1COC2(COCCN(Cc3ccccn3)C2)C1.O=C(O)C(F)(F)F.O=C(O)C(F)(F)F. The minimum absolute atomic E-state index is 0.145. The average Bonchev–Trinajstić information content (AvgIpc) is 3.07. The van der Waals surface area contributed by atoms with Crippen LogP contribution in [0.4, 0.5) is 26.3 Å². The maximum atomic E-state index is 10.6. The largest absolute Gasteiger partial charge is 0.490 e. The lowest BCUT2D eigenvalue weighted by Crippen LogP contribution is -2.44. The summed E-state index contributed by atoms with van der Waals surface area (Å²) in [4.78, 5) is 27.1. The van der Waals surface area contributed by atoms with E-state index in [0.29, 0.717) is 18.6 Å². The Hall–Kier alpha value is -2.49. The summed E-state index contributed by atoms with van der Waals surface area (Å²) in [5, 5.41) is 14.2. The monoisotopic (exact) mass is 561 g/mol. The van der Waals surface area contributed by atoms with Crippen LogP contribution in [-0.4, -0.2) is 107 Å². The molecule has 15 heteroatoms. The smallest absolute Gasteiger partial charge is 0.475 e. The van der Waals surface area contributed by atoms with E-state index in [4.69, 9.17) is 29.3 Å². The van der Waals surface area contributed by atoms with E-state index >= 15 is 0 Å². The number of rotatable bonds is 5. The van der Waals surface area contributed by atoms with E-state index in [2.05, 4.69) is 47.8 Å². The summed E-state index contributed by atoms with van der Waals surface area (Å²) < 4.78 is 75.7. The van der Waals surface area contributed by atoms with Crippen molar-refractivity contribution in [1.82, 2.24) is 14.8 Å². The van der Waals surface area contributed by atoms with Gasteiger partial charge in [0.1, 0.15) is 5.60 Å². The second kappa shape index (κ2) is 14.6. The molecule has 38 heavy (non-hydrogen) atoms. The van der Waals surface area contributed by atoms with E-state index in [0.717, 1.165) is 51.5 Å². The summed E-state index contributed by atoms with van der Waals surface area (Å²) in [6.07, 6.45) is -7.22. The molecule has 3 rings (SSSR count). The average molecular weight is 562 g/mol. The number of carboxylic acids is 2. The van der Waals surface area contributed by atoms with Crippen LogP contribution in [0.2, 0.25) is 0 Å². The minimum atomic E-state index is -5.08. The van der Waals surface area contributed by atoms with Crippen LogP contribution in [0.3, 0.4) is 0 Å². The molecule has 3 heterocycles. The van der Waals surface area contributed by atoms with Gasteiger partial charge in [-0.2, -0.15) is 26.3 Å². The first kappa shape index (κ1) is 33.5. The molecule has 2 fully saturated rings. The summed E-state index contributed by atoms with van der Waals surface area (Å²) in [6.45, 7) is 10.7. The fourth-order valence-electron chi connectivity index (χ4n) is 3.72. The highest BCUT2D eigenvalue weighted by Gasteiger charge is 2.43. The van der Waals surface area contributed by atoms with Gasteiger partial charge in [0.05, 0.1) is 25.5 Å². The van der Waals surface area contributed by atoms with Crippen molar-refractivity contribution in [2.45, 2.75) is 50.8 Å². The van der Waals surface area contributed by atoms with Gasteiger partial charge in [0.2, 0.25) is 0 Å². The Balaban J connectivity index is 0.000000426. The van der Waals surface area contributed by atoms with Crippen LogP contribution in [0.15, 0.2) is 24.4 Å². The quantitative estimate of drug-likeness (QED) is 0.523. The second-order valence-electron chi connectivity index (χ2n) is 9.29. The van der Waals surface area contributed by atoms with Crippen LogP contribution >= 0.6 is 0 Å². The van der Waals surface area contributed by atoms with Crippen LogP contribution in [0.5, 0.6) is 0 Å². The highest BCUT2D eigenvalue weighted by atomic mass is 19.4. The zero-order chi connectivity index (χ0) is 29.1. The molecule has 2 saturated heterocycles. The third kappa shape index (κ3) is 12.4. The van der Waals surface area contributed by atoms with Crippen molar-refractivity contribution in [2.75, 3.05) is 46.5 Å². The lowest BCUT2D eigenvalue weighted by molar-refractivity contribution is -0.193. The van der Waals surface area contributed by atoms with Gasteiger partial charge >= 0.3 is 24.3 Å². The van der Waals surface area contributed by atoms with Gasteiger partial charge in [-0.1, -0.05) is 6.07 Å². The molecule has 0 aromatic carbocycles. The first-order chi connectivity index (χ1) is 17.4. The molecule has 1 aromatic heterocycles. The molecule has 0 radical (unpaired) electrons. The summed E-state index contributed by atoms with van der Waals surface area (Å²) >= 11 is 0. The van der Waals surface area contributed by atoms with Crippen LogP contribution < -0.4 is 0 Å². The van der Waals surface area contributed by atoms with Crippen molar-refractivity contribution in [3.05, 3.63) is 30.1 Å². The predicted octanol–water partition coefficient (Wildman–Crippen LogP) is 3.30. The molecule has 2 N–H and O–H groups in total. The maximum absolute atomic E-state index is 10.6. The molecule has 0 amide bonds. The standard InChI is InChI=1S/C19H31N3O2.2C2HF3O2/c1-16(2)21(3)11-17-10-19(24-13-17)14-22(8-9-23-15-19)12-18-6-4-5-7-20-18;2*3-2(4,5)1(6)7/h4-7,16-17H,8-15H2,1-3H3;2*(H,6,7). The van der Waals surface area contributed by atoms with E-state index in [9.17, 15) is 26.3 Å². The molecular weight excluding hydrogens is 528 g/mol. The molecule has 2 aliphatic heterocycles. The van der Waals surface area contributed by atoms with Gasteiger partial charge in [-0.3, -0.25) is 9.88 Å². The number of ether oxygens (including phenoxy) is 2. The molecule has 2 atom stereocenters. The normalized spacial score (nSPS) is 22.3. The van der Waals surface area contributed by atoms with Crippen molar-refractivity contribution in [1.29, 1.82) is 0 Å². The zero-order valence-corrected chi connectivity index (χ0v) is 21.3. The van der Waals surface area contributed by atoms with Crippen LogP contribution in [0, 0.1) is 5.92 Å². The van der Waals surface area contributed by atoms with E-state index in [1.807, 2.05) is 12.3 Å². The number of carboxylic acid groups (broad SMARTS) is 2. The zero-order valence-electron chi connectivity index (χ0n) is 21.3. The Bertz CT molecular complexity index is 847. The van der Waals surface area contributed by atoms with E-state index in [1.54, 1.807) is 0 Å². The number of halogens is 6. The highest BCUT2D eigenvalue weighted by Crippen LogP contribution is 2.33. The second-order valence-corrected chi connectivity index (χ2v) is 9.29. The van der Waals surface area contributed by atoms with Crippen LogP contribution in [0.25, 0.3) is 0 Å². The molecule has 1 spiro atoms. The summed E-state index contributed by atoms with van der Waals surface area (Å²) in [5.41, 5.74) is 0.969. The maximum Gasteiger partial charge on any atom is 0.490 e. The van der Waals surface area contributed by atoms with Crippen molar-refractivity contribution in [3.63, 3.8) is 0 Å². The molecule has 2 aliphatic rings. The Morgan fingerprint density at radius 1 is 1.16 bits per heavy atom. The van der Waals surface area contributed by atoms with Gasteiger partial charge in [0.15, 0.2) is 0 Å². The number of hydrogen-bond acceptors (Lipinski definition) is 7. The van der Waals surface area contributed by atoms with E-state index in [1.165, 1.54) is 0 Å². The number of aliphatic carboxylic acids is 2. The van der Waals surface area contributed by atoms with Crippen molar-refractivity contribution in [3.8, 4) is 0 Å². The van der Waals surface area contributed by atoms with Crippen LogP contribution in [-0.2, 0) is 25.6 Å². The van der Waals surface area contributed by atoms with E-state index < -0.39 is 24.3 Å². The molecule has 1 aromatic rings. The summed E-state index contributed by atoms with van der Waals surface area (Å²) in [6, 6.07) is 6.68. The van der Waals surface area contributed by atoms with E-state index in [-0.39, 0.29) is 5.60 Å². The molecular formula is C23H33F6N3O6. The first-order valence-electron chi connectivity index (χ1n) is 11.6. The topological polar surface area (TPSA) is 112 Å². The molecule has 218 valence electrons. The summed E-state index contributed by atoms with van der Waals surface area (Å²) in [7, 11) is 2.20. The Morgan fingerprint density at radius 2 is 1.74 bits per heavy atom.